The predicted octanol–water partition coefficient (Wildman–Crippen LogP) is 1.26. The molecule has 0 N–H and O–H groups in total. The SMILES string of the molecule is Cc1cnc(-n2cc(C=O)cn2)cc1C#N. The Kier molecular flexibility index (Phi) is 2.48. The summed E-state index contributed by atoms with van der Waals surface area (Å²) in [5, 5.41) is 12.9. The zero-order valence-electron chi connectivity index (χ0n) is 8.58. The van der Waals surface area contributed by atoms with Gasteiger partial charge in [0.05, 0.1) is 23.4 Å². The molecule has 16 heavy (non-hydrogen) atoms. The topological polar surface area (TPSA) is 71.6 Å². The van der Waals surface area contributed by atoms with Gasteiger partial charge in [-0.15, -0.1) is 0 Å². The van der Waals surface area contributed by atoms with Crippen LogP contribution in [0, 0.1) is 18.3 Å². The van der Waals surface area contributed by atoms with Crippen molar-refractivity contribution in [3.8, 4) is 11.9 Å². The van der Waals surface area contributed by atoms with Crippen molar-refractivity contribution in [2.75, 3.05) is 0 Å². The quantitative estimate of drug-likeness (QED) is 0.702. The van der Waals surface area contributed by atoms with Gasteiger partial charge in [-0.25, -0.2) is 9.67 Å². The van der Waals surface area contributed by atoms with E-state index in [0.717, 1.165) is 5.56 Å². The molecule has 0 aromatic carbocycles. The average molecular weight is 212 g/mol. The van der Waals surface area contributed by atoms with Gasteiger partial charge in [-0.3, -0.25) is 4.79 Å². The molecule has 78 valence electrons. The molecule has 0 spiro atoms. The number of nitriles is 1. The van der Waals surface area contributed by atoms with Gasteiger partial charge in [-0.1, -0.05) is 0 Å². The van der Waals surface area contributed by atoms with Gasteiger partial charge in [-0.05, 0) is 12.5 Å². The van der Waals surface area contributed by atoms with Crippen molar-refractivity contribution in [1.29, 1.82) is 5.26 Å². The lowest BCUT2D eigenvalue weighted by Crippen LogP contribution is -1.99. The molecule has 0 amide bonds. The molecule has 0 aliphatic heterocycles. The Labute approximate surface area is 92.0 Å². The first-order chi connectivity index (χ1) is 7.74. The van der Waals surface area contributed by atoms with Crippen LogP contribution in [-0.2, 0) is 0 Å². The summed E-state index contributed by atoms with van der Waals surface area (Å²) in [4.78, 5) is 14.6. The molecule has 0 fully saturated rings. The second-order valence-electron chi connectivity index (χ2n) is 3.31. The summed E-state index contributed by atoms with van der Waals surface area (Å²) in [5.74, 6) is 0.523. The van der Waals surface area contributed by atoms with Crippen molar-refractivity contribution in [2.45, 2.75) is 6.92 Å². The molecule has 0 bridgehead atoms. The van der Waals surface area contributed by atoms with E-state index >= 15 is 0 Å². The van der Waals surface area contributed by atoms with Gasteiger partial charge >= 0.3 is 0 Å². The van der Waals surface area contributed by atoms with E-state index in [1.54, 1.807) is 18.5 Å². The molecule has 5 heteroatoms. The number of carbonyl (C=O) groups excluding carboxylic acids is 1. The highest BCUT2D eigenvalue weighted by atomic mass is 16.1. The van der Waals surface area contributed by atoms with Gasteiger partial charge in [0.1, 0.15) is 0 Å². The van der Waals surface area contributed by atoms with Crippen LogP contribution in [0.3, 0.4) is 0 Å². The lowest BCUT2D eigenvalue weighted by Gasteiger charge is -2.01. The van der Waals surface area contributed by atoms with Gasteiger partial charge in [0.15, 0.2) is 12.1 Å². The van der Waals surface area contributed by atoms with Crippen LogP contribution in [0.1, 0.15) is 21.5 Å². The third kappa shape index (κ3) is 1.68. The van der Waals surface area contributed by atoms with Crippen molar-refractivity contribution in [3.05, 3.63) is 41.3 Å². The molecule has 0 unspecified atom stereocenters. The minimum Gasteiger partial charge on any atom is -0.298 e. The molecule has 2 aromatic rings. The third-order valence-electron chi connectivity index (χ3n) is 2.18. The molecule has 0 atom stereocenters. The highest BCUT2D eigenvalue weighted by Crippen LogP contribution is 2.10. The number of nitrogens with zero attached hydrogens (tertiary/aromatic N) is 4. The minimum atomic E-state index is 0.473. The Hall–Kier alpha value is -2.48. The molecular formula is C11H8N4O. The molecule has 0 radical (unpaired) electrons. The zero-order chi connectivity index (χ0) is 11.5. The molecule has 2 aromatic heterocycles. The smallest absolute Gasteiger partial charge is 0.154 e. The van der Waals surface area contributed by atoms with Gasteiger partial charge in [0.25, 0.3) is 0 Å². The lowest BCUT2D eigenvalue weighted by atomic mass is 10.2. The number of hydrogen-bond acceptors (Lipinski definition) is 4. The average Bonchev–Trinajstić information content (AvgIpc) is 2.78. The van der Waals surface area contributed by atoms with Gasteiger partial charge < -0.3 is 0 Å². The molecule has 0 aliphatic carbocycles. The summed E-state index contributed by atoms with van der Waals surface area (Å²) in [6.07, 6.45) is 5.32. The van der Waals surface area contributed by atoms with Crippen molar-refractivity contribution in [1.82, 2.24) is 14.8 Å². The maximum atomic E-state index is 10.5. The summed E-state index contributed by atoms with van der Waals surface area (Å²) >= 11 is 0. The number of hydrogen-bond donors (Lipinski definition) is 0. The summed E-state index contributed by atoms with van der Waals surface area (Å²) in [6.45, 7) is 1.81. The molecular weight excluding hydrogens is 204 g/mol. The first-order valence-electron chi connectivity index (χ1n) is 4.61. The van der Waals surface area contributed by atoms with Crippen LogP contribution in [0.25, 0.3) is 5.82 Å². The predicted molar refractivity (Wildman–Crippen MR) is 56.2 cm³/mol. The van der Waals surface area contributed by atoms with Crippen LogP contribution in [0.5, 0.6) is 0 Å². The molecule has 2 rings (SSSR count). The first-order valence-corrected chi connectivity index (χ1v) is 4.61. The number of carbonyl (C=O) groups is 1. The Bertz CT molecular complexity index is 580. The summed E-state index contributed by atoms with van der Waals surface area (Å²) in [5.41, 5.74) is 1.84. The van der Waals surface area contributed by atoms with Gasteiger partial charge in [0, 0.05) is 18.5 Å². The number of rotatable bonds is 2. The van der Waals surface area contributed by atoms with Gasteiger partial charge in [0.2, 0.25) is 0 Å². The third-order valence-corrected chi connectivity index (χ3v) is 2.18. The number of aromatic nitrogens is 3. The highest BCUT2D eigenvalue weighted by Gasteiger charge is 2.04. The van der Waals surface area contributed by atoms with Crippen LogP contribution in [-0.4, -0.2) is 21.1 Å². The zero-order valence-corrected chi connectivity index (χ0v) is 8.58. The highest BCUT2D eigenvalue weighted by molar-refractivity contribution is 5.73. The van der Waals surface area contributed by atoms with E-state index in [-0.39, 0.29) is 0 Å². The largest absolute Gasteiger partial charge is 0.298 e. The Balaban J connectivity index is 2.48. The normalized spacial score (nSPS) is 9.75. The first kappa shape index (κ1) is 10.1. The fraction of sp³-hybridized carbons (Fsp3) is 0.0909. The second-order valence-corrected chi connectivity index (χ2v) is 3.31. The van der Waals surface area contributed by atoms with Crippen molar-refractivity contribution in [2.24, 2.45) is 0 Å². The molecule has 0 aliphatic rings. The van der Waals surface area contributed by atoms with Crippen LogP contribution < -0.4 is 0 Å². The Morgan fingerprint density at radius 2 is 2.31 bits per heavy atom. The summed E-state index contributed by atoms with van der Waals surface area (Å²) in [7, 11) is 0. The standard InChI is InChI=1S/C11H8N4O/c1-8-4-13-11(2-10(8)3-12)15-6-9(7-16)5-14-15/h2,4-7H,1H3. The number of pyridine rings is 1. The van der Waals surface area contributed by atoms with E-state index in [0.29, 0.717) is 23.2 Å². The number of aldehydes is 1. The Morgan fingerprint density at radius 3 is 2.94 bits per heavy atom. The van der Waals surface area contributed by atoms with E-state index in [9.17, 15) is 4.79 Å². The van der Waals surface area contributed by atoms with Crippen LogP contribution in [0.2, 0.25) is 0 Å². The molecule has 5 nitrogen and oxygen atoms in total. The van der Waals surface area contributed by atoms with Crippen LogP contribution in [0.4, 0.5) is 0 Å². The van der Waals surface area contributed by atoms with E-state index in [1.807, 2.05) is 6.92 Å². The minimum absolute atomic E-state index is 0.473. The fourth-order valence-electron chi connectivity index (χ4n) is 1.28. The van der Waals surface area contributed by atoms with Gasteiger partial charge in [-0.2, -0.15) is 10.4 Å². The molecule has 0 saturated heterocycles. The van der Waals surface area contributed by atoms with E-state index in [2.05, 4.69) is 16.2 Å². The van der Waals surface area contributed by atoms with E-state index < -0.39 is 0 Å². The van der Waals surface area contributed by atoms with Crippen LogP contribution >= 0.6 is 0 Å². The number of aryl methyl sites for hydroxylation is 1. The lowest BCUT2D eigenvalue weighted by molar-refractivity contribution is 0.112. The second kappa shape index (κ2) is 3.95. The monoisotopic (exact) mass is 212 g/mol. The van der Waals surface area contributed by atoms with E-state index in [1.165, 1.54) is 10.9 Å². The van der Waals surface area contributed by atoms with E-state index in [4.69, 9.17) is 5.26 Å². The summed E-state index contributed by atoms with van der Waals surface area (Å²) < 4.78 is 1.46. The molecule has 2 heterocycles. The maximum absolute atomic E-state index is 10.5. The Morgan fingerprint density at radius 1 is 1.50 bits per heavy atom. The van der Waals surface area contributed by atoms with Crippen molar-refractivity contribution in [3.63, 3.8) is 0 Å². The van der Waals surface area contributed by atoms with Crippen molar-refractivity contribution >= 4 is 6.29 Å². The molecule has 0 saturated carbocycles. The summed E-state index contributed by atoms with van der Waals surface area (Å²) in [6, 6.07) is 3.71. The van der Waals surface area contributed by atoms with Crippen LogP contribution in [0.15, 0.2) is 24.7 Å². The fourth-order valence-corrected chi connectivity index (χ4v) is 1.28. The maximum Gasteiger partial charge on any atom is 0.154 e. The van der Waals surface area contributed by atoms with Crippen molar-refractivity contribution < 1.29 is 4.79 Å².